The van der Waals surface area contributed by atoms with Gasteiger partial charge in [0, 0.05) is 0 Å². The van der Waals surface area contributed by atoms with Gasteiger partial charge in [0.2, 0.25) is 11.8 Å². The van der Waals surface area contributed by atoms with Crippen LogP contribution in [0.5, 0.6) is 0 Å². The van der Waals surface area contributed by atoms with Crippen molar-refractivity contribution in [2.75, 3.05) is 9.62 Å². The Morgan fingerprint density at radius 2 is 1.48 bits per heavy atom. The fraction of sp³-hybridized carbons (Fsp3) is 0.273. The van der Waals surface area contributed by atoms with E-state index in [-0.39, 0.29) is 40.4 Å². The molecule has 4 atom stereocenters. The van der Waals surface area contributed by atoms with Gasteiger partial charge in [0.05, 0.1) is 28.1 Å². The van der Waals surface area contributed by atoms with Crippen molar-refractivity contribution in [1.82, 2.24) is 0 Å². The summed E-state index contributed by atoms with van der Waals surface area (Å²) in [6.07, 6.45) is 4.98. The zero-order valence-electron chi connectivity index (χ0n) is 15.8. The Kier molecular flexibility index (Phi) is 3.93. The average Bonchev–Trinajstić information content (AvgIpc) is 3.38. The van der Waals surface area contributed by atoms with Gasteiger partial charge in [0.15, 0.2) is 0 Å². The van der Waals surface area contributed by atoms with Crippen LogP contribution in [0, 0.1) is 30.6 Å². The molecule has 7 heteroatoms. The van der Waals surface area contributed by atoms with Crippen molar-refractivity contribution in [2.45, 2.75) is 18.2 Å². The van der Waals surface area contributed by atoms with E-state index in [1.807, 2.05) is 31.2 Å². The molecule has 0 radical (unpaired) electrons. The summed E-state index contributed by atoms with van der Waals surface area (Å²) in [4.78, 5) is 27.1. The number of sulfonamides is 1. The third-order valence-corrected chi connectivity index (χ3v) is 7.65. The standard InChI is InChI=1S/C22H20N2O4S/c1-13-4-2-3-5-18(13)23-29(27,28)17-10-8-16(9-11-17)24-21(25)19-14-6-7-15(12-14)20(19)22(24)26/h2-11,14-15,19-20,23H,12H2,1H3/t14-,15?,19+,20-/m1/s1. The summed E-state index contributed by atoms with van der Waals surface area (Å²) in [7, 11) is -3.77. The van der Waals surface area contributed by atoms with Crippen LogP contribution in [0.25, 0.3) is 0 Å². The predicted molar refractivity (Wildman–Crippen MR) is 109 cm³/mol. The summed E-state index contributed by atoms with van der Waals surface area (Å²) in [6.45, 7) is 1.82. The molecule has 2 bridgehead atoms. The first-order chi connectivity index (χ1) is 13.9. The maximum Gasteiger partial charge on any atom is 0.261 e. The van der Waals surface area contributed by atoms with Crippen molar-refractivity contribution in [3.8, 4) is 0 Å². The highest BCUT2D eigenvalue weighted by atomic mass is 32.2. The maximum absolute atomic E-state index is 12.9. The lowest BCUT2D eigenvalue weighted by Gasteiger charge is -2.18. The Labute approximate surface area is 169 Å². The Bertz CT molecular complexity index is 1120. The molecule has 3 aliphatic rings. The fourth-order valence-electron chi connectivity index (χ4n) is 4.82. The molecule has 1 N–H and O–H groups in total. The number of anilines is 2. The van der Waals surface area contributed by atoms with Crippen LogP contribution in [0.4, 0.5) is 11.4 Å². The number of allylic oxidation sites excluding steroid dienone is 2. The molecule has 1 heterocycles. The van der Waals surface area contributed by atoms with E-state index < -0.39 is 10.0 Å². The number of nitrogens with zero attached hydrogens (tertiary/aromatic N) is 1. The van der Waals surface area contributed by atoms with Crippen molar-refractivity contribution < 1.29 is 18.0 Å². The van der Waals surface area contributed by atoms with Crippen molar-refractivity contribution in [3.63, 3.8) is 0 Å². The molecule has 6 nitrogen and oxygen atoms in total. The highest BCUT2D eigenvalue weighted by Gasteiger charge is 2.59. The molecule has 2 amide bonds. The monoisotopic (exact) mass is 408 g/mol. The molecular weight excluding hydrogens is 388 g/mol. The lowest BCUT2D eigenvalue weighted by atomic mass is 9.85. The number of imide groups is 1. The predicted octanol–water partition coefficient (Wildman–Crippen LogP) is 3.11. The van der Waals surface area contributed by atoms with E-state index in [1.54, 1.807) is 12.1 Å². The minimum absolute atomic E-state index is 0.0746. The van der Waals surface area contributed by atoms with E-state index in [0.29, 0.717) is 11.4 Å². The lowest BCUT2D eigenvalue weighted by Crippen LogP contribution is -2.32. The SMILES string of the molecule is Cc1ccccc1NS(=O)(=O)c1ccc(N2C(=O)[C@H]3[C@@H]4C=CC(C4)[C@H]3C2=O)cc1. The van der Waals surface area contributed by atoms with Crippen LogP contribution in [-0.4, -0.2) is 20.2 Å². The maximum atomic E-state index is 12.9. The largest absolute Gasteiger partial charge is 0.279 e. The molecule has 2 fully saturated rings. The fourth-order valence-corrected chi connectivity index (χ4v) is 5.95. The lowest BCUT2D eigenvalue weighted by molar-refractivity contribution is -0.123. The molecule has 2 aliphatic carbocycles. The molecule has 29 heavy (non-hydrogen) atoms. The number of hydrogen-bond donors (Lipinski definition) is 1. The molecule has 5 rings (SSSR count). The molecular formula is C22H20N2O4S. The number of benzene rings is 2. The van der Waals surface area contributed by atoms with Gasteiger partial charge < -0.3 is 0 Å². The minimum Gasteiger partial charge on any atom is -0.279 e. The van der Waals surface area contributed by atoms with Gasteiger partial charge in [-0.25, -0.2) is 8.42 Å². The molecule has 0 aromatic heterocycles. The number of nitrogens with one attached hydrogen (secondary N) is 1. The molecule has 2 aromatic rings. The van der Waals surface area contributed by atoms with Crippen LogP contribution in [-0.2, 0) is 19.6 Å². The summed E-state index contributed by atoms with van der Waals surface area (Å²) in [5, 5.41) is 0. The van der Waals surface area contributed by atoms with Gasteiger partial charge in [-0.3, -0.25) is 19.2 Å². The van der Waals surface area contributed by atoms with Crippen LogP contribution in [0.3, 0.4) is 0 Å². The zero-order chi connectivity index (χ0) is 20.3. The van der Waals surface area contributed by atoms with E-state index in [9.17, 15) is 18.0 Å². The normalized spacial score (nSPS) is 27.6. The summed E-state index contributed by atoms with van der Waals surface area (Å²) in [5.41, 5.74) is 1.75. The van der Waals surface area contributed by atoms with Gasteiger partial charge >= 0.3 is 0 Å². The van der Waals surface area contributed by atoms with Gasteiger partial charge in [-0.1, -0.05) is 30.4 Å². The first-order valence-electron chi connectivity index (χ1n) is 9.61. The Morgan fingerprint density at radius 1 is 0.897 bits per heavy atom. The number of amides is 2. The van der Waals surface area contributed by atoms with Crippen LogP contribution >= 0.6 is 0 Å². The Morgan fingerprint density at radius 3 is 2.07 bits per heavy atom. The third-order valence-electron chi connectivity index (χ3n) is 6.26. The molecule has 1 unspecified atom stereocenters. The summed E-state index contributed by atoms with van der Waals surface area (Å²) >= 11 is 0. The van der Waals surface area contributed by atoms with Crippen LogP contribution in [0.1, 0.15) is 12.0 Å². The van der Waals surface area contributed by atoms with Gasteiger partial charge in [0.1, 0.15) is 0 Å². The summed E-state index contributed by atoms with van der Waals surface area (Å²) in [5.74, 6) is -0.614. The van der Waals surface area contributed by atoms with E-state index in [0.717, 1.165) is 12.0 Å². The topological polar surface area (TPSA) is 83.6 Å². The number of hydrogen-bond acceptors (Lipinski definition) is 4. The average molecular weight is 408 g/mol. The molecule has 1 aliphatic heterocycles. The second kappa shape index (κ2) is 6.29. The Balaban J connectivity index is 1.40. The Hall–Kier alpha value is -2.93. The highest BCUT2D eigenvalue weighted by molar-refractivity contribution is 7.92. The van der Waals surface area contributed by atoms with E-state index in [2.05, 4.69) is 4.72 Å². The van der Waals surface area contributed by atoms with E-state index in [1.165, 1.54) is 29.2 Å². The van der Waals surface area contributed by atoms with Crippen LogP contribution in [0.15, 0.2) is 65.6 Å². The molecule has 1 saturated carbocycles. The molecule has 1 saturated heterocycles. The van der Waals surface area contributed by atoms with Crippen molar-refractivity contribution in [1.29, 1.82) is 0 Å². The van der Waals surface area contributed by atoms with E-state index in [4.69, 9.17) is 0 Å². The van der Waals surface area contributed by atoms with Gasteiger partial charge in [-0.15, -0.1) is 0 Å². The van der Waals surface area contributed by atoms with E-state index >= 15 is 0 Å². The zero-order valence-corrected chi connectivity index (χ0v) is 16.6. The van der Waals surface area contributed by atoms with Crippen LogP contribution in [0.2, 0.25) is 0 Å². The quantitative estimate of drug-likeness (QED) is 0.622. The smallest absolute Gasteiger partial charge is 0.261 e. The number of rotatable bonds is 4. The molecule has 148 valence electrons. The first kappa shape index (κ1) is 18.1. The summed E-state index contributed by atoms with van der Waals surface area (Å²) < 4.78 is 28.0. The second-order valence-corrected chi connectivity index (χ2v) is 9.61. The van der Waals surface area contributed by atoms with Gasteiger partial charge in [0.25, 0.3) is 10.0 Å². The summed E-state index contributed by atoms with van der Waals surface area (Å²) in [6, 6.07) is 13.0. The van der Waals surface area contributed by atoms with Gasteiger partial charge in [-0.05, 0) is 61.1 Å². The van der Waals surface area contributed by atoms with Crippen molar-refractivity contribution in [3.05, 3.63) is 66.2 Å². The number of fused-ring (bicyclic) bond motifs is 5. The number of carbonyl (C=O) groups is 2. The molecule has 0 spiro atoms. The highest BCUT2D eigenvalue weighted by Crippen LogP contribution is 2.53. The second-order valence-electron chi connectivity index (χ2n) is 7.93. The number of aryl methyl sites for hydroxylation is 1. The number of para-hydroxylation sites is 1. The molecule has 2 aromatic carbocycles. The van der Waals surface area contributed by atoms with Crippen LogP contribution < -0.4 is 9.62 Å². The minimum atomic E-state index is -3.77. The first-order valence-corrected chi connectivity index (χ1v) is 11.1. The van der Waals surface area contributed by atoms with Crippen molar-refractivity contribution >= 4 is 33.2 Å². The van der Waals surface area contributed by atoms with Crippen molar-refractivity contribution in [2.24, 2.45) is 23.7 Å². The number of carbonyl (C=O) groups excluding carboxylic acids is 2. The third kappa shape index (κ3) is 2.72. The van der Waals surface area contributed by atoms with Gasteiger partial charge in [-0.2, -0.15) is 0 Å².